The molecule has 0 aliphatic heterocycles. The Kier molecular flexibility index (Phi) is 4.67. The van der Waals surface area contributed by atoms with Gasteiger partial charge in [-0.05, 0) is 24.6 Å². The minimum absolute atomic E-state index is 0.135. The molecule has 0 radical (unpaired) electrons. The molecule has 0 atom stereocenters. The van der Waals surface area contributed by atoms with E-state index in [-0.39, 0.29) is 24.6 Å². The predicted molar refractivity (Wildman–Crippen MR) is 103 cm³/mol. The smallest absolute Gasteiger partial charge is 0.264 e. The molecule has 1 N–H and O–H groups in total. The summed E-state index contributed by atoms with van der Waals surface area (Å²) >= 11 is 0. The Morgan fingerprint density at radius 1 is 1.28 bits per heavy atom. The number of amides is 1. The molecule has 0 saturated carbocycles. The number of nitrogens with zero attached hydrogens (tertiary/aromatic N) is 6. The van der Waals surface area contributed by atoms with E-state index in [1.807, 2.05) is 0 Å². The van der Waals surface area contributed by atoms with Crippen LogP contribution in [0, 0.1) is 12.7 Å². The number of hydrogen-bond donors (Lipinski definition) is 1. The lowest BCUT2D eigenvalue weighted by atomic mass is 10.2. The van der Waals surface area contributed by atoms with E-state index in [0.29, 0.717) is 28.1 Å². The maximum atomic E-state index is 14.4. The summed E-state index contributed by atoms with van der Waals surface area (Å²) in [4.78, 5) is 32.9. The zero-order valence-electron chi connectivity index (χ0n) is 15.8. The molecule has 0 aliphatic rings. The molecule has 9 nitrogen and oxygen atoms in total. The second-order valence-electron chi connectivity index (χ2n) is 6.59. The molecule has 148 valence electrons. The molecule has 0 aliphatic carbocycles. The molecule has 3 aromatic heterocycles. The third-order valence-corrected chi connectivity index (χ3v) is 4.62. The normalized spacial score (nSPS) is 11.1. The highest BCUT2D eigenvalue weighted by Crippen LogP contribution is 2.16. The zero-order chi connectivity index (χ0) is 20.5. The van der Waals surface area contributed by atoms with Gasteiger partial charge >= 0.3 is 0 Å². The summed E-state index contributed by atoms with van der Waals surface area (Å²) in [6.07, 6.45) is 6.02. The van der Waals surface area contributed by atoms with E-state index < -0.39 is 5.82 Å². The molecule has 0 spiro atoms. The maximum Gasteiger partial charge on any atom is 0.264 e. The van der Waals surface area contributed by atoms with Crippen LogP contribution in [0.4, 0.5) is 4.39 Å². The summed E-state index contributed by atoms with van der Waals surface area (Å²) in [7, 11) is 1.68. The Morgan fingerprint density at radius 2 is 2.10 bits per heavy atom. The zero-order valence-corrected chi connectivity index (χ0v) is 15.8. The van der Waals surface area contributed by atoms with Crippen LogP contribution in [-0.2, 0) is 24.9 Å². The second-order valence-corrected chi connectivity index (χ2v) is 6.59. The van der Waals surface area contributed by atoms with Gasteiger partial charge in [-0.25, -0.2) is 14.4 Å². The molecule has 0 fully saturated rings. The number of hydrogen-bond acceptors (Lipinski definition) is 5. The lowest BCUT2D eigenvalue weighted by molar-refractivity contribution is -0.121. The highest BCUT2D eigenvalue weighted by molar-refractivity contribution is 5.77. The van der Waals surface area contributed by atoms with Gasteiger partial charge in [0.2, 0.25) is 5.91 Å². The van der Waals surface area contributed by atoms with E-state index in [4.69, 9.17) is 0 Å². The molecule has 10 heteroatoms. The fourth-order valence-corrected chi connectivity index (χ4v) is 3.08. The van der Waals surface area contributed by atoms with E-state index in [9.17, 15) is 14.0 Å². The van der Waals surface area contributed by atoms with Crippen LogP contribution in [0.5, 0.6) is 0 Å². The van der Waals surface area contributed by atoms with Crippen LogP contribution in [0.15, 0.2) is 47.9 Å². The van der Waals surface area contributed by atoms with Crippen molar-refractivity contribution in [3.63, 3.8) is 0 Å². The van der Waals surface area contributed by atoms with Gasteiger partial charge in [0.25, 0.3) is 5.56 Å². The third-order valence-electron chi connectivity index (χ3n) is 4.62. The molecule has 3 heterocycles. The van der Waals surface area contributed by atoms with Crippen molar-refractivity contribution in [3.05, 3.63) is 70.7 Å². The first-order valence-corrected chi connectivity index (χ1v) is 8.86. The largest absolute Gasteiger partial charge is 0.350 e. The SMILES string of the molecule is Cc1nccn1-c1ccc(CNC(=O)Cn2cnc3c(cnn3C)c2=O)cc1F. The van der Waals surface area contributed by atoms with E-state index in [1.165, 1.54) is 27.8 Å². The van der Waals surface area contributed by atoms with Crippen molar-refractivity contribution in [3.8, 4) is 5.69 Å². The molecule has 0 unspecified atom stereocenters. The van der Waals surface area contributed by atoms with Crippen LogP contribution in [0.25, 0.3) is 16.7 Å². The van der Waals surface area contributed by atoms with Gasteiger partial charge in [-0.15, -0.1) is 0 Å². The summed E-state index contributed by atoms with van der Waals surface area (Å²) in [6.45, 7) is 1.73. The molecule has 1 amide bonds. The van der Waals surface area contributed by atoms with Gasteiger partial charge in [-0.1, -0.05) is 6.07 Å². The molecule has 4 aromatic rings. The minimum Gasteiger partial charge on any atom is -0.350 e. The average Bonchev–Trinajstić information content (AvgIpc) is 3.29. The average molecular weight is 395 g/mol. The summed E-state index contributed by atoms with van der Waals surface area (Å²) in [6, 6.07) is 4.73. The summed E-state index contributed by atoms with van der Waals surface area (Å²) in [5, 5.41) is 7.02. The first kappa shape index (κ1) is 18.5. The monoisotopic (exact) mass is 395 g/mol. The van der Waals surface area contributed by atoms with Gasteiger partial charge in [0.15, 0.2) is 5.65 Å². The summed E-state index contributed by atoms with van der Waals surface area (Å²) < 4.78 is 18.8. The Morgan fingerprint density at radius 3 is 2.83 bits per heavy atom. The van der Waals surface area contributed by atoms with E-state index in [2.05, 4.69) is 20.4 Å². The molecule has 0 saturated heterocycles. The number of halogens is 1. The Labute approximate surface area is 164 Å². The highest BCUT2D eigenvalue weighted by atomic mass is 19.1. The van der Waals surface area contributed by atoms with Gasteiger partial charge in [-0.3, -0.25) is 18.8 Å². The summed E-state index contributed by atoms with van der Waals surface area (Å²) in [5.74, 6) is -0.123. The molecule has 0 bridgehead atoms. The third kappa shape index (κ3) is 3.51. The number of rotatable bonds is 5. The van der Waals surface area contributed by atoms with Crippen molar-refractivity contribution in [1.82, 2.24) is 34.2 Å². The first-order chi connectivity index (χ1) is 13.9. The molecule has 1 aromatic carbocycles. The van der Waals surface area contributed by atoms with Crippen LogP contribution in [0.3, 0.4) is 0 Å². The van der Waals surface area contributed by atoms with Crippen molar-refractivity contribution >= 4 is 16.9 Å². The highest BCUT2D eigenvalue weighted by Gasteiger charge is 2.12. The molecular weight excluding hydrogens is 377 g/mol. The van der Waals surface area contributed by atoms with Gasteiger partial charge in [0.05, 0.1) is 11.9 Å². The van der Waals surface area contributed by atoms with Gasteiger partial charge < -0.3 is 9.88 Å². The Bertz CT molecular complexity index is 1270. The Hall–Kier alpha value is -3.82. The molecule has 29 heavy (non-hydrogen) atoms. The van der Waals surface area contributed by atoms with Gasteiger partial charge in [-0.2, -0.15) is 5.10 Å². The van der Waals surface area contributed by atoms with Crippen molar-refractivity contribution in [1.29, 1.82) is 0 Å². The van der Waals surface area contributed by atoms with Crippen LogP contribution in [-0.4, -0.2) is 34.8 Å². The van der Waals surface area contributed by atoms with Crippen LogP contribution in [0.1, 0.15) is 11.4 Å². The second kappa shape index (κ2) is 7.30. The molecular formula is C19H18FN7O2. The number of aromatic nitrogens is 6. The van der Waals surface area contributed by atoms with E-state index in [1.54, 1.807) is 43.1 Å². The van der Waals surface area contributed by atoms with E-state index in [0.717, 1.165) is 0 Å². The van der Waals surface area contributed by atoms with Crippen LogP contribution < -0.4 is 10.9 Å². The minimum atomic E-state index is -0.416. The van der Waals surface area contributed by atoms with E-state index >= 15 is 0 Å². The fourth-order valence-electron chi connectivity index (χ4n) is 3.08. The number of benzene rings is 1. The van der Waals surface area contributed by atoms with Crippen molar-refractivity contribution < 1.29 is 9.18 Å². The lowest BCUT2D eigenvalue weighted by Gasteiger charge is -2.10. The number of carbonyl (C=O) groups is 1. The molecule has 4 rings (SSSR count). The van der Waals surface area contributed by atoms with Crippen LogP contribution >= 0.6 is 0 Å². The van der Waals surface area contributed by atoms with Crippen molar-refractivity contribution in [2.75, 3.05) is 0 Å². The lowest BCUT2D eigenvalue weighted by Crippen LogP contribution is -2.32. The Balaban J connectivity index is 1.44. The topological polar surface area (TPSA) is 99.6 Å². The van der Waals surface area contributed by atoms with Crippen molar-refractivity contribution in [2.24, 2.45) is 7.05 Å². The predicted octanol–water partition coefficient (Wildman–Crippen LogP) is 1.08. The number of nitrogens with one attached hydrogen (secondary N) is 1. The van der Waals surface area contributed by atoms with Gasteiger partial charge in [0, 0.05) is 26.0 Å². The van der Waals surface area contributed by atoms with Crippen LogP contribution in [0.2, 0.25) is 0 Å². The number of imidazole rings is 1. The maximum absolute atomic E-state index is 14.4. The standard InChI is InChI=1S/C19H18FN7O2/c1-12-21-5-6-27(12)16-4-3-13(7-15(16)20)8-22-17(28)10-26-11-23-18-14(19(26)29)9-24-25(18)2/h3-7,9,11H,8,10H2,1-2H3,(H,22,28). The number of carbonyl (C=O) groups excluding carboxylic acids is 1. The van der Waals surface area contributed by atoms with Crippen molar-refractivity contribution in [2.45, 2.75) is 20.0 Å². The number of aryl methyl sites for hydroxylation is 2. The fraction of sp³-hybridized carbons (Fsp3) is 0.211. The number of fused-ring (bicyclic) bond motifs is 1. The van der Waals surface area contributed by atoms with Gasteiger partial charge in [0.1, 0.15) is 29.9 Å². The quantitative estimate of drug-likeness (QED) is 0.545. The summed E-state index contributed by atoms with van der Waals surface area (Å²) in [5.41, 5.74) is 1.10. The first-order valence-electron chi connectivity index (χ1n) is 8.86.